The van der Waals surface area contributed by atoms with E-state index in [4.69, 9.17) is 0 Å². The van der Waals surface area contributed by atoms with Gasteiger partial charge in [0.1, 0.15) is 17.7 Å². The van der Waals surface area contributed by atoms with E-state index >= 15 is 0 Å². The Morgan fingerprint density at radius 3 is 2.74 bits per heavy atom. The second-order valence-electron chi connectivity index (χ2n) is 4.06. The standard InChI is InChI=1S/C14H12BrF2NO/c1-2-8-4-3-7-18-13(8)14(19)11-10(16)6-5-9(15)12(11)17/h3-7,14,19H,2H2,1H3. The van der Waals surface area contributed by atoms with E-state index in [2.05, 4.69) is 20.9 Å². The van der Waals surface area contributed by atoms with Crippen molar-refractivity contribution in [3.63, 3.8) is 0 Å². The van der Waals surface area contributed by atoms with Crippen LogP contribution in [-0.2, 0) is 6.42 Å². The number of aryl methyl sites for hydroxylation is 1. The number of pyridine rings is 1. The smallest absolute Gasteiger partial charge is 0.146 e. The fraction of sp³-hybridized carbons (Fsp3) is 0.214. The number of aliphatic hydroxyl groups is 1. The maximum atomic E-state index is 14.0. The fourth-order valence-corrected chi connectivity index (χ4v) is 2.27. The van der Waals surface area contributed by atoms with Crippen molar-refractivity contribution in [2.24, 2.45) is 0 Å². The van der Waals surface area contributed by atoms with Gasteiger partial charge in [-0.3, -0.25) is 4.98 Å². The number of aliphatic hydroxyl groups excluding tert-OH is 1. The third-order valence-corrected chi connectivity index (χ3v) is 3.53. The van der Waals surface area contributed by atoms with Gasteiger partial charge in [0.05, 0.1) is 15.7 Å². The van der Waals surface area contributed by atoms with Gasteiger partial charge in [-0.1, -0.05) is 13.0 Å². The molecule has 0 fully saturated rings. The minimum atomic E-state index is -1.42. The van der Waals surface area contributed by atoms with Crippen LogP contribution in [0.1, 0.15) is 29.8 Å². The first-order valence-corrected chi connectivity index (χ1v) is 6.60. The Hall–Kier alpha value is -1.33. The molecule has 0 aliphatic carbocycles. The van der Waals surface area contributed by atoms with Crippen LogP contribution in [0.25, 0.3) is 0 Å². The highest BCUT2D eigenvalue weighted by Crippen LogP contribution is 2.31. The quantitative estimate of drug-likeness (QED) is 0.870. The molecule has 0 saturated heterocycles. The summed E-state index contributed by atoms with van der Waals surface area (Å²) in [5, 5.41) is 10.2. The van der Waals surface area contributed by atoms with Crippen LogP contribution in [0.5, 0.6) is 0 Å². The van der Waals surface area contributed by atoms with Gasteiger partial charge >= 0.3 is 0 Å². The maximum Gasteiger partial charge on any atom is 0.146 e. The number of aromatic nitrogens is 1. The topological polar surface area (TPSA) is 33.1 Å². The van der Waals surface area contributed by atoms with Crippen molar-refractivity contribution < 1.29 is 13.9 Å². The Bertz CT molecular complexity index is 604. The van der Waals surface area contributed by atoms with Crippen LogP contribution >= 0.6 is 15.9 Å². The first kappa shape index (κ1) is 14.1. The molecule has 100 valence electrons. The zero-order valence-corrected chi connectivity index (χ0v) is 11.8. The van der Waals surface area contributed by atoms with Crippen molar-refractivity contribution in [2.45, 2.75) is 19.4 Å². The number of hydrogen-bond donors (Lipinski definition) is 1. The van der Waals surface area contributed by atoms with Gasteiger partial charge in [-0.2, -0.15) is 0 Å². The summed E-state index contributed by atoms with van der Waals surface area (Å²) in [5.74, 6) is -1.60. The fourth-order valence-electron chi connectivity index (χ4n) is 1.93. The summed E-state index contributed by atoms with van der Waals surface area (Å²) in [4.78, 5) is 4.04. The van der Waals surface area contributed by atoms with Gasteiger partial charge in [-0.25, -0.2) is 8.78 Å². The van der Waals surface area contributed by atoms with Gasteiger partial charge in [-0.15, -0.1) is 0 Å². The summed E-state index contributed by atoms with van der Waals surface area (Å²) in [6, 6.07) is 5.88. The predicted molar refractivity (Wildman–Crippen MR) is 71.7 cm³/mol. The van der Waals surface area contributed by atoms with E-state index < -0.39 is 17.7 Å². The van der Waals surface area contributed by atoms with E-state index in [-0.39, 0.29) is 15.7 Å². The van der Waals surface area contributed by atoms with Crippen LogP contribution in [0.3, 0.4) is 0 Å². The molecule has 19 heavy (non-hydrogen) atoms. The average molecular weight is 328 g/mol. The van der Waals surface area contributed by atoms with E-state index in [1.54, 1.807) is 12.1 Å². The molecule has 2 rings (SSSR count). The first-order chi connectivity index (χ1) is 9.06. The Labute approximate surface area is 118 Å². The van der Waals surface area contributed by atoms with Crippen molar-refractivity contribution >= 4 is 15.9 Å². The molecule has 0 aliphatic rings. The minimum Gasteiger partial charge on any atom is -0.382 e. The molecule has 0 bridgehead atoms. The zero-order valence-electron chi connectivity index (χ0n) is 10.2. The van der Waals surface area contributed by atoms with Crippen LogP contribution in [0.4, 0.5) is 8.78 Å². The lowest BCUT2D eigenvalue weighted by Gasteiger charge is -2.16. The highest BCUT2D eigenvalue weighted by atomic mass is 79.9. The van der Waals surface area contributed by atoms with Crippen molar-refractivity contribution in [1.29, 1.82) is 0 Å². The summed E-state index contributed by atoms with van der Waals surface area (Å²) < 4.78 is 27.8. The highest BCUT2D eigenvalue weighted by Gasteiger charge is 2.24. The van der Waals surface area contributed by atoms with Crippen LogP contribution in [0.15, 0.2) is 34.9 Å². The molecule has 1 aromatic carbocycles. The van der Waals surface area contributed by atoms with Gasteiger partial charge in [0.2, 0.25) is 0 Å². The molecule has 1 atom stereocenters. The van der Waals surface area contributed by atoms with Crippen LogP contribution < -0.4 is 0 Å². The van der Waals surface area contributed by atoms with Gasteiger partial charge in [0.25, 0.3) is 0 Å². The van der Waals surface area contributed by atoms with E-state index in [0.29, 0.717) is 6.42 Å². The predicted octanol–water partition coefficient (Wildman–Crippen LogP) is 3.77. The Morgan fingerprint density at radius 1 is 1.32 bits per heavy atom. The van der Waals surface area contributed by atoms with Gasteiger partial charge in [0.15, 0.2) is 0 Å². The van der Waals surface area contributed by atoms with E-state index in [1.807, 2.05) is 6.92 Å². The molecule has 1 unspecified atom stereocenters. The number of halogens is 3. The molecule has 2 nitrogen and oxygen atoms in total. The Morgan fingerprint density at radius 2 is 2.05 bits per heavy atom. The summed E-state index contributed by atoms with van der Waals surface area (Å²) in [6.07, 6.45) is 0.692. The van der Waals surface area contributed by atoms with Crippen LogP contribution in [0, 0.1) is 11.6 Å². The lowest BCUT2D eigenvalue weighted by molar-refractivity contribution is 0.203. The minimum absolute atomic E-state index is 0.108. The highest BCUT2D eigenvalue weighted by molar-refractivity contribution is 9.10. The zero-order chi connectivity index (χ0) is 14.0. The number of hydrogen-bond acceptors (Lipinski definition) is 2. The van der Waals surface area contributed by atoms with Crippen molar-refractivity contribution in [3.8, 4) is 0 Å². The molecule has 0 saturated carbocycles. The second-order valence-corrected chi connectivity index (χ2v) is 4.92. The van der Waals surface area contributed by atoms with Crippen molar-refractivity contribution in [2.75, 3.05) is 0 Å². The molecule has 0 amide bonds. The summed E-state index contributed by atoms with van der Waals surface area (Å²) in [6.45, 7) is 1.89. The third-order valence-electron chi connectivity index (χ3n) is 2.92. The van der Waals surface area contributed by atoms with E-state index in [1.165, 1.54) is 12.3 Å². The molecule has 1 aromatic heterocycles. The van der Waals surface area contributed by atoms with Gasteiger partial charge in [0, 0.05) is 6.20 Å². The summed E-state index contributed by atoms with van der Waals surface area (Å²) in [7, 11) is 0. The number of rotatable bonds is 3. The first-order valence-electron chi connectivity index (χ1n) is 5.81. The monoisotopic (exact) mass is 327 g/mol. The molecule has 1 heterocycles. The Balaban J connectivity index is 2.56. The normalized spacial score (nSPS) is 12.5. The lowest BCUT2D eigenvalue weighted by Crippen LogP contribution is -2.10. The van der Waals surface area contributed by atoms with E-state index in [0.717, 1.165) is 11.6 Å². The molecule has 1 N–H and O–H groups in total. The number of benzene rings is 1. The SMILES string of the molecule is CCc1cccnc1C(O)c1c(F)ccc(Br)c1F. The summed E-state index contributed by atoms with van der Waals surface area (Å²) >= 11 is 2.98. The van der Waals surface area contributed by atoms with Crippen molar-refractivity contribution in [1.82, 2.24) is 4.98 Å². The van der Waals surface area contributed by atoms with Crippen LogP contribution in [-0.4, -0.2) is 10.1 Å². The summed E-state index contributed by atoms with van der Waals surface area (Å²) in [5.41, 5.74) is 0.650. The maximum absolute atomic E-state index is 14.0. The molecule has 5 heteroatoms. The molecular formula is C14H12BrF2NO. The largest absolute Gasteiger partial charge is 0.382 e. The molecule has 0 radical (unpaired) electrons. The molecular weight excluding hydrogens is 316 g/mol. The van der Waals surface area contributed by atoms with Crippen molar-refractivity contribution in [3.05, 3.63) is 63.4 Å². The van der Waals surface area contributed by atoms with Gasteiger partial charge in [-0.05, 0) is 46.1 Å². The molecule has 0 aliphatic heterocycles. The van der Waals surface area contributed by atoms with Crippen LogP contribution in [0.2, 0.25) is 0 Å². The molecule has 0 spiro atoms. The number of nitrogens with zero attached hydrogens (tertiary/aromatic N) is 1. The van der Waals surface area contributed by atoms with E-state index in [9.17, 15) is 13.9 Å². The third kappa shape index (κ3) is 2.67. The van der Waals surface area contributed by atoms with Gasteiger partial charge < -0.3 is 5.11 Å². The molecule has 2 aromatic rings. The Kier molecular flexibility index (Phi) is 4.27. The second kappa shape index (κ2) is 5.75. The average Bonchev–Trinajstić information content (AvgIpc) is 2.43. The lowest BCUT2D eigenvalue weighted by atomic mass is 10.00.